The summed E-state index contributed by atoms with van der Waals surface area (Å²) >= 11 is 3.57. The van der Waals surface area contributed by atoms with E-state index in [1.807, 2.05) is 18.3 Å². The van der Waals surface area contributed by atoms with Crippen LogP contribution < -0.4 is 5.73 Å². The quantitative estimate of drug-likeness (QED) is 0.287. The van der Waals surface area contributed by atoms with Gasteiger partial charge < -0.3 is 15.6 Å². The number of nitrogen functional groups attached to an aromatic ring is 1. The molecule has 3 N–H and O–H groups in total. The topological polar surface area (TPSA) is 133 Å². The number of hydrogen-bond acceptors (Lipinski definition) is 7. The fraction of sp³-hybridized carbons (Fsp3) is 0.423. The van der Waals surface area contributed by atoms with Crippen LogP contribution in [0.3, 0.4) is 0 Å². The molecule has 1 saturated carbocycles. The van der Waals surface area contributed by atoms with E-state index in [2.05, 4.69) is 31.1 Å². The van der Waals surface area contributed by atoms with E-state index in [1.165, 1.54) is 6.92 Å². The molecule has 38 heavy (non-hydrogen) atoms. The Morgan fingerprint density at radius 2 is 2.05 bits per heavy atom. The van der Waals surface area contributed by atoms with Gasteiger partial charge in [0.25, 0.3) is 0 Å². The number of halogens is 2. The van der Waals surface area contributed by atoms with Crippen molar-refractivity contribution in [1.29, 1.82) is 0 Å². The third-order valence-corrected chi connectivity index (χ3v) is 7.84. The van der Waals surface area contributed by atoms with Crippen molar-refractivity contribution < 1.29 is 21.8 Å². The van der Waals surface area contributed by atoms with Crippen molar-refractivity contribution in [3.05, 3.63) is 47.1 Å². The Kier molecular flexibility index (Phi) is 6.96. The first-order valence-electron chi connectivity index (χ1n) is 13.3. The van der Waals surface area contributed by atoms with E-state index < -0.39 is 24.6 Å². The molecule has 0 radical (unpaired) electrons. The molecule has 1 aliphatic carbocycles. The smallest absolute Gasteiger partial charge is 0.338 e. The van der Waals surface area contributed by atoms with Gasteiger partial charge in [-0.05, 0) is 54.6 Å². The maximum Gasteiger partial charge on any atom is 0.338 e. The Balaban J connectivity index is 1.35. The summed E-state index contributed by atoms with van der Waals surface area (Å²) < 4.78 is 37.9. The highest BCUT2D eigenvalue weighted by atomic mass is 79.9. The Morgan fingerprint density at radius 1 is 1.26 bits per heavy atom. The molecular formula is C26H29BrFN7O3. The van der Waals surface area contributed by atoms with Crippen LogP contribution in [-0.4, -0.2) is 59.8 Å². The molecule has 4 heterocycles. The molecule has 10 nitrogen and oxygen atoms in total. The van der Waals surface area contributed by atoms with Gasteiger partial charge in [0.1, 0.15) is 5.82 Å². The molecule has 4 aromatic rings. The first kappa shape index (κ1) is 23.7. The molecule has 200 valence electrons. The largest absolute Gasteiger partial charge is 0.479 e. The Labute approximate surface area is 230 Å². The molecule has 0 amide bonds. The van der Waals surface area contributed by atoms with Gasteiger partial charge in [-0.3, -0.25) is 9.67 Å². The van der Waals surface area contributed by atoms with E-state index in [9.17, 15) is 9.18 Å². The number of carboxylic acids is 1. The number of alkyl halides is 1. The van der Waals surface area contributed by atoms with Crippen LogP contribution in [0.4, 0.5) is 10.2 Å². The fourth-order valence-electron chi connectivity index (χ4n) is 4.96. The van der Waals surface area contributed by atoms with Gasteiger partial charge in [0.15, 0.2) is 11.8 Å². The predicted octanol–water partition coefficient (Wildman–Crippen LogP) is 4.73. The normalized spacial score (nSPS) is 19.8. The Bertz CT molecular complexity index is 1520. The van der Waals surface area contributed by atoms with Gasteiger partial charge >= 0.3 is 5.97 Å². The number of rotatable bonds is 9. The first-order chi connectivity index (χ1) is 19.0. The number of aliphatic carboxylic acids is 1. The predicted molar refractivity (Wildman–Crippen MR) is 143 cm³/mol. The van der Waals surface area contributed by atoms with E-state index in [4.69, 9.17) is 23.3 Å². The summed E-state index contributed by atoms with van der Waals surface area (Å²) in [5.41, 5.74) is 10.8. The summed E-state index contributed by atoms with van der Waals surface area (Å²) in [6.07, 6.45) is 7.26. The number of carboxylic acid groups (broad SMARTS) is 1. The monoisotopic (exact) mass is 587 g/mol. The number of aromatic nitrogens is 6. The number of pyridine rings is 1. The minimum absolute atomic E-state index is 0.0140. The van der Waals surface area contributed by atoms with Crippen molar-refractivity contribution in [3.63, 3.8) is 0 Å². The summed E-state index contributed by atoms with van der Waals surface area (Å²) in [6, 6.07) is 3.80. The number of ether oxygens (including phenoxy) is 1. The van der Waals surface area contributed by atoms with Gasteiger partial charge in [0.2, 0.25) is 0 Å². The molecular weight excluding hydrogens is 557 g/mol. The minimum Gasteiger partial charge on any atom is -0.479 e. The average Bonchev–Trinajstić information content (AvgIpc) is 3.57. The average molecular weight is 588 g/mol. The van der Waals surface area contributed by atoms with Gasteiger partial charge in [-0.15, -0.1) is 0 Å². The van der Waals surface area contributed by atoms with Gasteiger partial charge in [0, 0.05) is 47.5 Å². The van der Waals surface area contributed by atoms with Crippen LogP contribution >= 0.6 is 15.9 Å². The van der Waals surface area contributed by atoms with E-state index in [-0.39, 0.29) is 12.5 Å². The van der Waals surface area contributed by atoms with Crippen molar-refractivity contribution in [3.8, 4) is 22.4 Å². The van der Waals surface area contributed by atoms with Gasteiger partial charge in [-0.25, -0.2) is 14.2 Å². The van der Waals surface area contributed by atoms with Crippen molar-refractivity contribution in [2.24, 2.45) is 5.92 Å². The third kappa shape index (κ3) is 5.14. The van der Waals surface area contributed by atoms with Crippen LogP contribution in [0.15, 0.2) is 41.4 Å². The van der Waals surface area contributed by atoms with Crippen molar-refractivity contribution in [2.75, 3.05) is 18.9 Å². The van der Waals surface area contributed by atoms with Gasteiger partial charge in [0.05, 0.1) is 44.1 Å². The molecule has 1 unspecified atom stereocenters. The fourth-order valence-corrected chi connectivity index (χ4v) is 5.54. The lowest BCUT2D eigenvalue weighted by molar-refractivity contribution is -0.145. The molecule has 5 rings (SSSR count). The summed E-state index contributed by atoms with van der Waals surface area (Å²) in [5.74, 6) is -1.48. The van der Waals surface area contributed by atoms with Crippen LogP contribution in [0.2, 0.25) is 0 Å². The molecule has 1 fully saturated rings. The zero-order valence-electron chi connectivity index (χ0n) is 22.7. The molecule has 1 aliphatic rings. The second kappa shape index (κ2) is 11.2. The van der Waals surface area contributed by atoms with E-state index in [0.717, 1.165) is 28.1 Å². The van der Waals surface area contributed by atoms with Crippen LogP contribution in [0.5, 0.6) is 0 Å². The molecule has 0 bridgehead atoms. The zero-order chi connectivity index (χ0) is 28.6. The SMILES string of the molecule is [2H]C([2H])(C)OCCn1cc(-c2ccc(-c3cnn4c(N)c(Br)c([C@H]5CC[C@@H](C(F)C(=O)O)CC5)nc34)cn2)cn1. The highest BCUT2D eigenvalue weighted by Gasteiger charge is 2.34. The highest BCUT2D eigenvalue weighted by Crippen LogP contribution is 2.41. The number of fused-ring (bicyclic) bond motifs is 1. The summed E-state index contributed by atoms with van der Waals surface area (Å²) in [5, 5.41) is 17.8. The number of carbonyl (C=O) groups is 1. The summed E-state index contributed by atoms with van der Waals surface area (Å²) in [6.45, 7) is 0.272. The molecule has 0 saturated heterocycles. The van der Waals surface area contributed by atoms with Crippen LogP contribution in [0, 0.1) is 5.92 Å². The first-order valence-corrected chi connectivity index (χ1v) is 13.1. The van der Waals surface area contributed by atoms with Gasteiger partial charge in [-0.2, -0.15) is 14.7 Å². The Hall–Kier alpha value is -3.38. The lowest BCUT2D eigenvalue weighted by Gasteiger charge is -2.29. The number of anilines is 1. The van der Waals surface area contributed by atoms with Crippen molar-refractivity contribution in [2.45, 2.75) is 51.2 Å². The molecule has 4 aromatic heterocycles. The van der Waals surface area contributed by atoms with E-state index in [0.29, 0.717) is 48.2 Å². The van der Waals surface area contributed by atoms with Crippen LogP contribution in [0.25, 0.3) is 28.0 Å². The summed E-state index contributed by atoms with van der Waals surface area (Å²) in [4.78, 5) is 20.6. The van der Waals surface area contributed by atoms with Crippen molar-refractivity contribution in [1.82, 2.24) is 29.4 Å². The minimum atomic E-state index is -1.85. The van der Waals surface area contributed by atoms with Gasteiger partial charge in [-0.1, -0.05) is 6.07 Å². The number of nitrogens with two attached hydrogens (primary N) is 1. The lowest BCUT2D eigenvalue weighted by atomic mass is 9.78. The second-order valence-electron chi connectivity index (χ2n) is 9.32. The van der Waals surface area contributed by atoms with E-state index in [1.54, 1.807) is 27.8 Å². The maximum atomic E-state index is 14.0. The lowest BCUT2D eigenvalue weighted by Crippen LogP contribution is -2.28. The van der Waals surface area contributed by atoms with E-state index >= 15 is 0 Å². The highest BCUT2D eigenvalue weighted by molar-refractivity contribution is 9.10. The van der Waals surface area contributed by atoms with Crippen LogP contribution in [-0.2, 0) is 16.1 Å². The molecule has 12 heteroatoms. The Morgan fingerprint density at radius 3 is 2.74 bits per heavy atom. The molecule has 0 spiro atoms. The molecule has 0 aliphatic heterocycles. The summed E-state index contributed by atoms with van der Waals surface area (Å²) in [7, 11) is 0. The number of hydrogen-bond donors (Lipinski definition) is 2. The maximum absolute atomic E-state index is 14.0. The molecule has 1 atom stereocenters. The zero-order valence-corrected chi connectivity index (χ0v) is 22.3. The molecule has 0 aromatic carbocycles. The second-order valence-corrected chi connectivity index (χ2v) is 10.1. The third-order valence-electron chi connectivity index (χ3n) is 7.03. The number of nitrogens with zero attached hydrogens (tertiary/aromatic N) is 6. The van der Waals surface area contributed by atoms with Crippen LogP contribution in [0.1, 0.15) is 47.0 Å². The van der Waals surface area contributed by atoms with Crippen molar-refractivity contribution >= 4 is 33.4 Å². The standard InChI is InChI=1S/C26H29BrFN7O3/c1-2-38-10-9-34-14-18(12-31-34)20-8-7-17(11-30-20)19-13-32-35-24(29)21(27)23(33-25(19)35)16-5-3-15(4-6-16)22(28)26(36)37/h7-8,11-16,22H,2-6,9-10,29H2,1H3,(H,36,37)/t15-,16+,22?/i2D2.